The van der Waals surface area contributed by atoms with Crippen LogP contribution in [-0.2, 0) is 9.53 Å². The van der Waals surface area contributed by atoms with Gasteiger partial charge in [-0.25, -0.2) is 4.39 Å². The second-order valence-electron chi connectivity index (χ2n) is 8.80. The molecular formula is C23H22F5N3O4. The molecule has 4 rings (SSSR count). The fraction of sp³-hybridized carbons (Fsp3) is 0.435. The van der Waals surface area contributed by atoms with Crippen molar-refractivity contribution in [3.63, 3.8) is 0 Å². The smallest absolute Gasteiger partial charge is 0.417 e. The van der Waals surface area contributed by atoms with Gasteiger partial charge in [0.1, 0.15) is 11.8 Å². The van der Waals surface area contributed by atoms with Crippen molar-refractivity contribution in [2.75, 3.05) is 12.4 Å². The van der Waals surface area contributed by atoms with Gasteiger partial charge >= 0.3 is 6.18 Å². The lowest BCUT2D eigenvalue weighted by molar-refractivity contribution is -0.275. The van der Waals surface area contributed by atoms with Crippen LogP contribution in [0.2, 0.25) is 0 Å². The molecule has 0 unspecified atom stereocenters. The molecular weight excluding hydrogens is 477 g/mol. The number of ether oxygens (including phenoxy) is 2. The third-order valence-corrected chi connectivity index (χ3v) is 6.60. The summed E-state index contributed by atoms with van der Waals surface area (Å²) in [5.41, 5.74) is 2.21. The number of rotatable bonds is 6. The Bertz CT molecular complexity index is 1170. The number of hydrogen-bond acceptors (Lipinski definition) is 5. The van der Waals surface area contributed by atoms with E-state index in [-0.39, 0.29) is 16.9 Å². The van der Waals surface area contributed by atoms with Crippen LogP contribution in [0.25, 0.3) is 0 Å². The largest absolute Gasteiger partial charge is 0.493 e. The number of benzene rings is 1. The summed E-state index contributed by atoms with van der Waals surface area (Å²) in [6.07, 6.45) is -4.49. The normalized spacial score (nSPS) is 26.4. The number of carbonyl (C=O) groups excluding carboxylic acids is 2. The molecule has 1 aliphatic heterocycles. The Balaban J connectivity index is 1.81. The van der Waals surface area contributed by atoms with Crippen LogP contribution in [0.4, 0.5) is 27.6 Å². The summed E-state index contributed by atoms with van der Waals surface area (Å²) < 4.78 is 81.9. The Morgan fingerprint density at radius 2 is 1.91 bits per heavy atom. The fourth-order valence-corrected chi connectivity index (χ4v) is 4.85. The highest BCUT2D eigenvalue weighted by molar-refractivity contribution is 5.97. The second kappa shape index (κ2) is 8.74. The molecule has 0 spiro atoms. The van der Waals surface area contributed by atoms with Gasteiger partial charge in [0.25, 0.3) is 11.8 Å². The monoisotopic (exact) mass is 499 g/mol. The van der Waals surface area contributed by atoms with E-state index in [1.165, 1.54) is 12.3 Å². The number of anilines is 1. The van der Waals surface area contributed by atoms with E-state index in [0.29, 0.717) is 12.8 Å². The first-order chi connectivity index (χ1) is 16.4. The van der Waals surface area contributed by atoms with E-state index in [9.17, 15) is 31.5 Å². The molecule has 0 radical (unpaired) electrons. The summed E-state index contributed by atoms with van der Waals surface area (Å²) in [6, 6.07) is 4.36. The highest BCUT2D eigenvalue weighted by Gasteiger charge is 2.70. The molecule has 7 nitrogen and oxygen atoms in total. The van der Waals surface area contributed by atoms with Crippen molar-refractivity contribution in [3.8, 4) is 5.75 Å². The lowest BCUT2D eigenvalue weighted by atomic mass is 9.73. The van der Waals surface area contributed by atoms with E-state index < -0.39 is 64.8 Å². The van der Waals surface area contributed by atoms with Crippen LogP contribution in [0, 0.1) is 23.5 Å². The number of alkyl halides is 3. The van der Waals surface area contributed by atoms with Gasteiger partial charge in [0, 0.05) is 29.3 Å². The first-order valence-electron chi connectivity index (χ1n) is 10.7. The zero-order valence-corrected chi connectivity index (χ0v) is 18.7. The maximum atomic E-state index is 14.6. The van der Waals surface area contributed by atoms with Crippen LogP contribution in [0.3, 0.4) is 0 Å². The van der Waals surface area contributed by atoms with Gasteiger partial charge in [0.05, 0.1) is 7.11 Å². The molecule has 2 amide bonds. The van der Waals surface area contributed by atoms with Crippen molar-refractivity contribution in [2.45, 2.75) is 43.6 Å². The van der Waals surface area contributed by atoms with Gasteiger partial charge in [-0.1, -0.05) is 6.07 Å². The summed E-state index contributed by atoms with van der Waals surface area (Å²) in [6.45, 7) is 0.861. The molecule has 2 heterocycles. The highest BCUT2D eigenvalue weighted by Crippen LogP contribution is 2.62. The number of pyridine rings is 1. The Morgan fingerprint density at radius 1 is 1.23 bits per heavy atom. The Labute approximate surface area is 196 Å². The Morgan fingerprint density at radius 3 is 2.49 bits per heavy atom. The summed E-state index contributed by atoms with van der Waals surface area (Å²) in [5.74, 6) is -8.09. The zero-order valence-electron chi connectivity index (χ0n) is 18.7. The number of nitrogens with zero attached hydrogens (tertiary/aromatic N) is 1. The highest BCUT2D eigenvalue weighted by atomic mass is 19.4. The van der Waals surface area contributed by atoms with Gasteiger partial charge < -0.3 is 20.5 Å². The number of hydrogen-bond donors (Lipinski definition) is 2. The number of aromatic nitrogens is 1. The van der Waals surface area contributed by atoms with Crippen molar-refractivity contribution in [1.82, 2.24) is 4.98 Å². The molecule has 1 saturated heterocycles. The van der Waals surface area contributed by atoms with E-state index >= 15 is 0 Å². The van der Waals surface area contributed by atoms with E-state index in [4.69, 9.17) is 15.2 Å². The fourth-order valence-electron chi connectivity index (χ4n) is 4.85. The predicted octanol–water partition coefficient (Wildman–Crippen LogP) is 3.94. The minimum atomic E-state index is -4.87. The summed E-state index contributed by atoms with van der Waals surface area (Å²) in [7, 11) is 1.06. The van der Waals surface area contributed by atoms with Crippen LogP contribution < -0.4 is 15.8 Å². The first kappa shape index (κ1) is 24.8. The molecule has 0 bridgehead atoms. The van der Waals surface area contributed by atoms with Gasteiger partial charge in [-0.15, -0.1) is 0 Å². The number of primary amides is 1. The third kappa shape index (κ3) is 4.30. The van der Waals surface area contributed by atoms with E-state index in [1.54, 1.807) is 0 Å². The predicted molar refractivity (Wildman–Crippen MR) is 113 cm³/mol. The average molecular weight is 499 g/mol. The van der Waals surface area contributed by atoms with Gasteiger partial charge in [0.15, 0.2) is 17.2 Å². The Kier molecular flexibility index (Phi) is 6.20. The van der Waals surface area contributed by atoms with Crippen molar-refractivity contribution >= 4 is 17.5 Å². The molecule has 1 aromatic carbocycles. The summed E-state index contributed by atoms with van der Waals surface area (Å²) in [4.78, 5) is 28.4. The van der Waals surface area contributed by atoms with E-state index in [1.807, 2.05) is 0 Å². The minimum absolute atomic E-state index is 0.0435. The second-order valence-corrected chi connectivity index (χ2v) is 8.80. The lowest BCUT2D eigenvalue weighted by Gasteiger charge is -2.34. The van der Waals surface area contributed by atoms with Crippen LogP contribution in [0.5, 0.6) is 5.75 Å². The number of nitrogens with two attached hydrogens (primary N) is 1. The molecule has 1 aliphatic carbocycles. The molecule has 2 fully saturated rings. The van der Waals surface area contributed by atoms with Crippen LogP contribution in [0.15, 0.2) is 30.5 Å². The standard InChI is InChI=1S/C23H22F5N3O4/c1-22(23(26,27)28)16(10-3-4-10)15(12-5-6-13(24)17(25)18(12)34-2)19(35-22)21(33)31-11-7-8-30-14(9-11)20(29)32/h5-10,15-16,19H,3-4H2,1-2H3,(H2,29,32)(H,30,31,33)/t15-,16-,19+,22-/m0/s1. The number of carbonyl (C=O) groups is 2. The SMILES string of the molecule is COc1c([C@@H]2[C@H](C(=O)Nc3ccnc(C(N)=O)c3)O[C@](C)(C(F)(F)F)[C@H]2C2CC2)ccc(F)c1F. The Hall–Kier alpha value is -3.28. The van der Waals surface area contributed by atoms with Crippen LogP contribution in [-0.4, -0.2) is 41.8 Å². The van der Waals surface area contributed by atoms with Crippen molar-refractivity contribution < 1.29 is 41.0 Å². The van der Waals surface area contributed by atoms with Gasteiger partial charge in [-0.2, -0.15) is 17.6 Å². The molecule has 35 heavy (non-hydrogen) atoms. The quantitative estimate of drug-likeness (QED) is 0.587. The van der Waals surface area contributed by atoms with Crippen LogP contribution in [0.1, 0.15) is 41.7 Å². The number of nitrogens with one attached hydrogen (secondary N) is 1. The van der Waals surface area contributed by atoms with Crippen molar-refractivity contribution in [3.05, 3.63) is 53.4 Å². The lowest BCUT2D eigenvalue weighted by Crippen LogP contribution is -2.49. The van der Waals surface area contributed by atoms with Crippen molar-refractivity contribution in [1.29, 1.82) is 0 Å². The molecule has 1 aromatic heterocycles. The molecule has 188 valence electrons. The first-order valence-corrected chi connectivity index (χ1v) is 10.7. The zero-order chi connectivity index (χ0) is 25.7. The maximum absolute atomic E-state index is 14.6. The molecule has 12 heteroatoms. The van der Waals surface area contributed by atoms with Crippen LogP contribution >= 0.6 is 0 Å². The number of amides is 2. The molecule has 4 atom stereocenters. The topological polar surface area (TPSA) is 104 Å². The van der Waals surface area contributed by atoms with E-state index in [0.717, 1.165) is 32.2 Å². The summed E-state index contributed by atoms with van der Waals surface area (Å²) in [5, 5.41) is 2.42. The minimum Gasteiger partial charge on any atom is -0.493 e. The number of methoxy groups -OCH3 is 1. The molecule has 2 aromatic rings. The maximum Gasteiger partial charge on any atom is 0.417 e. The third-order valence-electron chi connectivity index (χ3n) is 6.60. The number of halogens is 5. The average Bonchev–Trinajstić information content (AvgIpc) is 3.57. The van der Waals surface area contributed by atoms with Crippen molar-refractivity contribution in [2.24, 2.45) is 17.6 Å². The van der Waals surface area contributed by atoms with Gasteiger partial charge in [-0.05, 0) is 43.9 Å². The van der Waals surface area contributed by atoms with E-state index in [2.05, 4.69) is 10.3 Å². The molecule has 1 saturated carbocycles. The molecule has 3 N–H and O–H groups in total. The van der Waals surface area contributed by atoms with Gasteiger partial charge in [-0.3, -0.25) is 14.6 Å². The van der Waals surface area contributed by atoms with Gasteiger partial charge in [0.2, 0.25) is 5.82 Å². The summed E-state index contributed by atoms with van der Waals surface area (Å²) >= 11 is 0. The molecule has 2 aliphatic rings.